The van der Waals surface area contributed by atoms with Crippen LogP contribution in [0, 0.1) is 25.2 Å². The summed E-state index contributed by atoms with van der Waals surface area (Å²) in [7, 11) is 0. The second-order valence-electron chi connectivity index (χ2n) is 22.5. The van der Waals surface area contributed by atoms with Gasteiger partial charge in [0, 0.05) is 109 Å². The van der Waals surface area contributed by atoms with Gasteiger partial charge in [0.1, 0.15) is 25.4 Å². The molecule has 0 saturated carbocycles. The molecule has 3 fully saturated rings. The molecule has 5 N–H and O–H groups in total. The number of benzene rings is 2. The number of fused-ring (bicyclic) bond motifs is 1. The van der Waals surface area contributed by atoms with Crippen LogP contribution in [0.25, 0.3) is 10.9 Å². The number of likely N-dealkylation sites (tertiary alicyclic amines) is 2. The van der Waals surface area contributed by atoms with Crippen molar-refractivity contribution in [1.29, 1.82) is 0 Å². The van der Waals surface area contributed by atoms with Crippen molar-refractivity contribution in [2.45, 2.75) is 109 Å². The average molecular weight is 1230 g/mol. The van der Waals surface area contributed by atoms with Gasteiger partial charge in [-0.3, -0.25) is 68.4 Å². The zero-order chi connectivity index (χ0) is 63.1. The van der Waals surface area contributed by atoms with Crippen molar-refractivity contribution in [3.8, 4) is 18.1 Å². The Hall–Kier alpha value is -7.86. The summed E-state index contributed by atoms with van der Waals surface area (Å²) in [5.41, 5.74) is 6.22. The van der Waals surface area contributed by atoms with Crippen LogP contribution in [-0.4, -0.2) is 231 Å². The number of aliphatic carboxylic acids is 1. The first-order valence-corrected chi connectivity index (χ1v) is 30.3. The first-order valence-electron chi connectivity index (χ1n) is 30.3. The highest BCUT2D eigenvalue weighted by Gasteiger charge is 2.46. The Balaban J connectivity index is 0.947. The van der Waals surface area contributed by atoms with E-state index >= 15 is 0 Å². The molecule has 4 heterocycles. The zero-order valence-corrected chi connectivity index (χ0v) is 50.4. The number of hydrazone groups is 1. The summed E-state index contributed by atoms with van der Waals surface area (Å²) in [6.07, 6.45) is 14.9. The Morgan fingerprint density at radius 3 is 2.14 bits per heavy atom. The van der Waals surface area contributed by atoms with E-state index in [0.717, 1.165) is 43.4 Å². The third-order valence-electron chi connectivity index (χ3n) is 15.8. The summed E-state index contributed by atoms with van der Waals surface area (Å²) in [6.45, 7) is 6.40. The SMILES string of the molecule is C#C[C@H]1CC(F)(F)CN1C(=O)CNC(=O)c1ccnc2ccc(OCCCC3CCN(C(=O)CCC=NNC(CCCCNC(=O)CCCc4ccc(C)cc4)NC(=O)CN4CCN(COC=O)CCN(COC=O)CCN(CC(=O)O)CC4)CC3)cc12. The molecule has 0 bridgehead atoms. The maximum atomic E-state index is 14.0. The molecule has 1 aromatic heterocycles. The summed E-state index contributed by atoms with van der Waals surface area (Å²) in [4.78, 5) is 114. The molecule has 2 aromatic carbocycles. The second-order valence-corrected chi connectivity index (χ2v) is 22.5. The topological polar surface area (TPSA) is 277 Å². The Morgan fingerprint density at radius 1 is 0.807 bits per heavy atom. The standard InChI is InChI=1S/C62H86F2N12O12/c1-3-50-38-62(63,64)42-76(50)59(82)39-67-61(85)52-20-25-65-54-19-18-51(37-53(52)54)88-36-8-10-49-21-26-75(27-22-49)58(81)13-7-24-68-70-55(11-4-5-23-66-56(79)12-6-9-48-16-14-47(2)15-17-48)69-57(80)40-71-28-29-72(41-60(83)84)31-33-74(44-87-46-78)35-34-73(32-30-71)43-86-45-77/h1,14-20,24-25,37,45-46,49-50,55,70H,4-13,21-23,26-36,38-44H2,2H3,(H,66,79)(H,67,85)(H,69,80)(H,83,84)/t50-,55?/m0/s1. The van der Waals surface area contributed by atoms with Gasteiger partial charge in [-0.2, -0.15) is 5.10 Å². The Labute approximate surface area is 513 Å². The van der Waals surface area contributed by atoms with Crippen LogP contribution in [0.3, 0.4) is 0 Å². The molecule has 3 aliphatic rings. The number of rotatable bonds is 33. The Kier molecular flexibility index (Phi) is 29.2. The van der Waals surface area contributed by atoms with Gasteiger partial charge in [0.15, 0.2) is 0 Å². The highest BCUT2D eigenvalue weighted by Crippen LogP contribution is 2.32. The number of carbonyl (C=O) groups excluding carboxylic acids is 7. The quantitative estimate of drug-likeness (QED) is 0.0146. The molecule has 26 heteroatoms. The van der Waals surface area contributed by atoms with Crippen LogP contribution in [0.5, 0.6) is 5.75 Å². The van der Waals surface area contributed by atoms with Gasteiger partial charge >= 0.3 is 5.97 Å². The lowest BCUT2D eigenvalue weighted by Gasteiger charge is -2.33. The van der Waals surface area contributed by atoms with Crippen LogP contribution in [0.15, 0.2) is 59.8 Å². The lowest BCUT2D eigenvalue weighted by Crippen LogP contribution is -2.51. The number of nitrogens with zero attached hydrogens (tertiary/aromatic N) is 8. The largest absolute Gasteiger partial charge is 0.494 e. The number of ether oxygens (including phenoxy) is 3. The number of halogens is 2. The minimum Gasteiger partial charge on any atom is -0.494 e. The molecule has 1 unspecified atom stereocenters. The molecule has 5 amide bonds. The molecule has 88 heavy (non-hydrogen) atoms. The van der Waals surface area contributed by atoms with E-state index in [4.69, 9.17) is 20.6 Å². The van der Waals surface area contributed by atoms with Gasteiger partial charge in [0.2, 0.25) is 23.6 Å². The number of carbonyl (C=O) groups is 8. The first-order chi connectivity index (χ1) is 42.5. The van der Waals surface area contributed by atoms with Crippen LogP contribution in [0.4, 0.5) is 8.78 Å². The number of aryl methyl sites for hydroxylation is 2. The van der Waals surface area contributed by atoms with E-state index in [1.807, 2.05) is 26.5 Å². The fourth-order valence-corrected chi connectivity index (χ4v) is 10.8. The third-order valence-corrected chi connectivity index (χ3v) is 15.8. The molecule has 24 nitrogen and oxygen atoms in total. The van der Waals surface area contributed by atoms with Crippen molar-refractivity contribution in [3.05, 3.63) is 71.4 Å². The van der Waals surface area contributed by atoms with Crippen molar-refractivity contribution in [3.63, 3.8) is 0 Å². The van der Waals surface area contributed by atoms with Crippen molar-refractivity contribution in [2.75, 3.05) is 118 Å². The number of nitrogens with one attached hydrogen (secondary N) is 4. The lowest BCUT2D eigenvalue weighted by atomic mass is 9.92. The van der Waals surface area contributed by atoms with E-state index in [1.54, 1.807) is 29.3 Å². The highest BCUT2D eigenvalue weighted by atomic mass is 19.3. The van der Waals surface area contributed by atoms with Crippen LogP contribution in [0.1, 0.15) is 98.5 Å². The highest BCUT2D eigenvalue weighted by molar-refractivity contribution is 6.07. The molecule has 3 aliphatic heterocycles. The van der Waals surface area contributed by atoms with Gasteiger partial charge in [0.25, 0.3) is 24.8 Å². The number of carboxylic acid groups (broad SMARTS) is 1. The van der Waals surface area contributed by atoms with E-state index in [9.17, 15) is 52.2 Å². The van der Waals surface area contributed by atoms with Gasteiger partial charge < -0.3 is 45.1 Å². The van der Waals surface area contributed by atoms with Gasteiger partial charge in [-0.15, -0.1) is 6.42 Å². The number of amides is 5. The fourth-order valence-electron chi connectivity index (χ4n) is 10.8. The zero-order valence-electron chi connectivity index (χ0n) is 50.4. The van der Waals surface area contributed by atoms with E-state index < -0.39 is 55.4 Å². The van der Waals surface area contributed by atoms with Crippen molar-refractivity contribution in [2.24, 2.45) is 11.0 Å². The molecule has 6 rings (SSSR count). The smallest absolute Gasteiger partial charge is 0.317 e. The maximum absolute atomic E-state index is 14.0. The number of hydrogen-bond acceptors (Lipinski definition) is 18. The predicted molar refractivity (Wildman–Crippen MR) is 323 cm³/mol. The van der Waals surface area contributed by atoms with E-state index in [0.29, 0.717) is 146 Å². The van der Waals surface area contributed by atoms with E-state index in [2.05, 4.69) is 61.6 Å². The number of unbranched alkanes of at least 4 members (excludes halogenated alkanes) is 1. The van der Waals surface area contributed by atoms with Crippen LogP contribution >= 0.6 is 0 Å². The van der Waals surface area contributed by atoms with Gasteiger partial charge in [-0.05, 0) is 107 Å². The normalized spacial score (nSPS) is 17.9. The number of piperidine rings is 1. The minimum absolute atomic E-state index is 0.00332. The Bertz CT molecular complexity index is 2820. The van der Waals surface area contributed by atoms with Gasteiger partial charge in [-0.1, -0.05) is 35.7 Å². The minimum atomic E-state index is -3.09. The molecule has 2 atom stereocenters. The number of terminal acetylenes is 1. The molecular formula is C62H86F2N12O12. The van der Waals surface area contributed by atoms with Crippen LogP contribution < -0.4 is 26.1 Å². The molecule has 0 radical (unpaired) electrons. The van der Waals surface area contributed by atoms with E-state index in [-0.39, 0.29) is 56.3 Å². The summed E-state index contributed by atoms with van der Waals surface area (Å²) >= 11 is 0. The van der Waals surface area contributed by atoms with Crippen LogP contribution in [-0.2, 0) is 49.5 Å². The van der Waals surface area contributed by atoms with Gasteiger partial charge in [0.05, 0.1) is 49.9 Å². The third kappa shape index (κ3) is 24.7. The summed E-state index contributed by atoms with van der Waals surface area (Å²) < 4.78 is 44.1. The second kappa shape index (κ2) is 37.1. The van der Waals surface area contributed by atoms with Crippen LogP contribution in [0.2, 0.25) is 0 Å². The lowest BCUT2D eigenvalue weighted by molar-refractivity contribution is -0.139. The first kappa shape index (κ1) is 69.2. The number of alkyl halides is 2. The van der Waals surface area contributed by atoms with Crippen molar-refractivity contribution >= 4 is 65.6 Å². The molecule has 3 saturated heterocycles. The number of hydrogen-bond donors (Lipinski definition) is 5. The molecule has 0 spiro atoms. The Morgan fingerprint density at radius 2 is 1.48 bits per heavy atom. The summed E-state index contributed by atoms with van der Waals surface area (Å²) in [5, 5.41) is 23.2. The number of pyridine rings is 1. The predicted octanol–water partition coefficient (Wildman–Crippen LogP) is 3.21. The molecule has 480 valence electrons. The fraction of sp³-hybridized carbons (Fsp3) is 0.581. The molecule has 3 aromatic rings. The molecular weight excluding hydrogens is 1140 g/mol. The van der Waals surface area contributed by atoms with Gasteiger partial charge in [-0.25, -0.2) is 8.78 Å². The summed E-state index contributed by atoms with van der Waals surface area (Å²) in [5.74, 6) is -2.53. The maximum Gasteiger partial charge on any atom is 0.317 e. The summed E-state index contributed by atoms with van der Waals surface area (Å²) in [6, 6.07) is 13.9. The van der Waals surface area contributed by atoms with Crippen molar-refractivity contribution in [1.82, 2.24) is 55.8 Å². The van der Waals surface area contributed by atoms with Crippen molar-refractivity contribution < 1.29 is 66.5 Å². The number of aromatic nitrogens is 1. The molecule has 0 aliphatic carbocycles. The number of carboxylic acids is 1. The van der Waals surface area contributed by atoms with E-state index in [1.165, 1.54) is 23.4 Å². The average Bonchev–Trinajstić information content (AvgIpc) is 3.66. The monoisotopic (exact) mass is 1230 g/mol.